The lowest BCUT2D eigenvalue weighted by Gasteiger charge is -2.12. The maximum absolute atomic E-state index is 12.3. The Labute approximate surface area is 149 Å². The van der Waals surface area contributed by atoms with E-state index in [1.807, 2.05) is 29.1 Å². The van der Waals surface area contributed by atoms with Crippen LogP contribution in [0.3, 0.4) is 0 Å². The first kappa shape index (κ1) is 16.6. The molecule has 0 radical (unpaired) electrons. The van der Waals surface area contributed by atoms with Crippen LogP contribution in [-0.4, -0.2) is 15.6 Å². The molecule has 124 valence electrons. The molecule has 0 atom stereocenters. The van der Waals surface area contributed by atoms with Crippen molar-refractivity contribution in [2.45, 2.75) is 19.8 Å². The Hall–Kier alpha value is -2.24. The quantitative estimate of drug-likeness (QED) is 0.717. The minimum absolute atomic E-state index is 0.123. The van der Waals surface area contributed by atoms with Crippen molar-refractivity contribution in [3.63, 3.8) is 0 Å². The molecule has 0 spiro atoms. The number of nitrogens with zero attached hydrogens (tertiary/aromatic N) is 2. The van der Waals surface area contributed by atoms with Crippen LogP contribution in [0.25, 0.3) is 5.69 Å². The van der Waals surface area contributed by atoms with E-state index in [0.29, 0.717) is 22.8 Å². The number of hydrogen-bond acceptors (Lipinski definition) is 3. The summed E-state index contributed by atoms with van der Waals surface area (Å²) in [5, 5.41) is 7.53. The van der Waals surface area contributed by atoms with Crippen molar-refractivity contribution >= 4 is 34.8 Å². The number of hydrogen-bond donors (Lipinski definition) is 1. The summed E-state index contributed by atoms with van der Waals surface area (Å²) >= 11 is 12.0. The molecule has 5 nitrogen and oxygen atoms in total. The largest absolute Gasteiger partial charge is 0.344 e. The summed E-state index contributed by atoms with van der Waals surface area (Å²) in [6.45, 7) is 1.80. The van der Waals surface area contributed by atoms with Crippen LogP contribution >= 0.6 is 23.2 Å². The zero-order valence-corrected chi connectivity index (χ0v) is 14.4. The van der Waals surface area contributed by atoms with Gasteiger partial charge in [-0.1, -0.05) is 16.8 Å². The van der Waals surface area contributed by atoms with E-state index >= 15 is 0 Å². The highest BCUT2D eigenvalue weighted by molar-refractivity contribution is 6.31. The lowest BCUT2D eigenvalue weighted by atomic mass is 10.1. The summed E-state index contributed by atoms with van der Waals surface area (Å²) in [5.41, 5.74) is 2.95. The van der Waals surface area contributed by atoms with E-state index in [2.05, 4.69) is 10.5 Å². The summed E-state index contributed by atoms with van der Waals surface area (Å²) < 4.78 is 6.78. The molecule has 0 aliphatic heterocycles. The molecule has 7 heteroatoms. The molecule has 0 saturated carbocycles. The van der Waals surface area contributed by atoms with Crippen LogP contribution in [0.1, 0.15) is 17.7 Å². The van der Waals surface area contributed by atoms with Crippen LogP contribution in [-0.2, 0) is 11.2 Å². The average molecular weight is 364 g/mol. The third-order valence-electron chi connectivity index (χ3n) is 3.66. The van der Waals surface area contributed by atoms with E-state index in [1.165, 1.54) is 0 Å². The predicted molar refractivity (Wildman–Crippen MR) is 94.0 cm³/mol. The topological polar surface area (TPSA) is 60.1 Å². The second-order valence-electron chi connectivity index (χ2n) is 5.32. The number of aryl methyl sites for hydroxylation is 1. The fourth-order valence-electron chi connectivity index (χ4n) is 2.41. The molecular formula is C17H15Cl2N3O2. The first-order valence-electron chi connectivity index (χ1n) is 7.38. The summed E-state index contributed by atoms with van der Waals surface area (Å²) in [7, 11) is 0. The Morgan fingerprint density at radius 2 is 2.04 bits per heavy atom. The van der Waals surface area contributed by atoms with Crippen molar-refractivity contribution in [2.75, 3.05) is 5.32 Å². The van der Waals surface area contributed by atoms with E-state index in [-0.39, 0.29) is 17.5 Å². The summed E-state index contributed by atoms with van der Waals surface area (Å²) in [4.78, 5) is 12.3. The molecule has 3 rings (SSSR count). The van der Waals surface area contributed by atoms with Gasteiger partial charge < -0.3 is 14.4 Å². The van der Waals surface area contributed by atoms with Gasteiger partial charge in [-0.2, -0.15) is 0 Å². The first-order valence-corrected chi connectivity index (χ1v) is 8.13. The van der Waals surface area contributed by atoms with Gasteiger partial charge in [-0.05, 0) is 55.3 Å². The highest BCUT2D eigenvalue weighted by atomic mass is 35.5. The van der Waals surface area contributed by atoms with Gasteiger partial charge in [0, 0.05) is 29.4 Å². The van der Waals surface area contributed by atoms with Gasteiger partial charge in [-0.25, -0.2) is 0 Å². The number of aromatic nitrogens is 2. The van der Waals surface area contributed by atoms with Gasteiger partial charge in [0.25, 0.3) is 0 Å². The van der Waals surface area contributed by atoms with Gasteiger partial charge in [-0.15, -0.1) is 0 Å². The Bertz CT molecular complexity index is 837. The van der Waals surface area contributed by atoms with Crippen molar-refractivity contribution in [3.05, 3.63) is 64.2 Å². The van der Waals surface area contributed by atoms with Gasteiger partial charge in [-0.3, -0.25) is 4.79 Å². The number of rotatable bonds is 5. The van der Waals surface area contributed by atoms with E-state index in [4.69, 9.17) is 27.7 Å². The molecule has 0 saturated heterocycles. The fraction of sp³-hybridized carbons (Fsp3) is 0.176. The first-order chi connectivity index (χ1) is 11.5. The van der Waals surface area contributed by atoms with Crippen LogP contribution in [0.5, 0.6) is 0 Å². The molecule has 0 aliphatic rings. The molecule has 2 aromatic heterocycles. The van der Waals surface area contributed by atoms with E-state index in [1.54, 1.807) is 25.1 Å². The van der Waals surface area contributed by atoms with Crippen LogP contribution in [0.4, 0.5) is 5.69 Å². The number of amides is 1. The van der Waals surface area contributed by atoms with Gasteiger partial charge >= 0.3 is 0 Å². The van der Waals surface area contributed by atoms with Crippen LogP contribution in [0.15, 0.2) is 47.2 Å². The zero-order valence-electron chi connectivity index (χ0n) is 12.9. The maximum Gasteiger partial charge on any atom is 0.229 e. The average Bonchev–Trinajstić information content (AvgIpc) is 3.18. The molecule has 0 bridgehead atoms. The minimum Gasteiger partial charge on any atom is -0.344 e. The van der Waals surface area contributed by atoms with Gasteiger partial charge in [0.1, 0.15) is 0 Å². The van der Waals surface area contributed by atoms with Crippen LogP contribution in [0, 0.1) is 6.92 Å². The third-order valence-corrected chi connectivity index (χ3v) is 4.19. The molecule has 1 N–H and O–H groups in total. The summed E-state index contributed by atoms with van der Waals surface area (Å²) in [6, 6.07) is 9.14. The van der Waals surface area contributed by atoms with Crippen LogP contribution < -0.4 is 5.32 Å². The van der Waals surface area contributed by atoms with E-state index in [0.717, 1.165) is 11.3 Å². The number of nitrogens with one attached hydrogen (secondary N) is 1. The lowest BCUT2D eigenvalue weighted by molar-refractivity contribution is -0.116. The Kier molecular flexibility index (Phi) is 4.92. The number of carbonyl (C=O) groups excluding carboxylic acids is 1. The Morgan fingerprint density at radius 1 is 1.29 bits per heavy atom. The molecular weight excluding hydrogens is 349 g/mol. The second kappa shape index (κ2) is 7.11. The summed E-state index contributed by atoms with van der Waals surface area (Å²) in [6.07, 6.45) is 4.52. The molecule has 3 aromatic rings. The molecule has 0 fully saturated rings. The highest BCUT2D eigenvalue weighted by Crippen LogP contribution is 2.25. The SMILES string of the molecule is Cc1noc(Cl)c1CCC(=O)Nc1ccc(Cl)cc1-n1cccc1. The maximum atomic E-state index is 12.3. The Morgan fingerprint density at radius 3 is 2.71 bits per heavy atom. The lowest BCUT2D eigenvalue weighted by Crippen LogP contribution is -2.14. The van der Waals surface area contributed by atoms with Crippen molar-refractivity contribution in [1.29, 1.82) is 0 Å². The van der Waals surface area contributed by atoms with Crippen molar-refractivity contribution in [3.8, 4) is 5.69 Å². The zero-order chi connectivity index (χ0) is 17.1. The number of halogens is 2. The summed E-state index contributed by atoms with van der Waals surface area (Å²) in [5.74, 6) is -0.123. The molecule has 24 heavy (non-hydrogen) atoms. The number of carbonyl (C=O) groups is 1. The molecule has 2 heterocycles. The fourth-order valence-corrected chi connectivity index (χ4v) is 2.84. The standard InChI is InChI=1S/C17H15Cl2N3O2/c1-11-13(17(19)24-21-11)5-7-16(23)20-14-6-4-12(18)10-15(14)22-8-2-3-9-22/h2-4,6,8-10H,5,7H2,1H3,(H,20,23). The van der Waals surface area contributed by atoms with Crippen molar-refractivity contribution in [1.82, 2.24) is 9.72 Å². The monoisotopic (exact) mass is 363 g/mol. The molecule has 1 amide bonds. The molecule has 0 unspecified atom stereocenters. The van der Waals surface area contributed by atoms with Crippen molar-refractivity contribution < 1.29 is 9.32 Å². The van der Waals surface area contributed by atoms with E-state index in [9.17, 15) is 4.79 Å². The van der Waals surface area contributed by atoms with Gasteiger partial charge in [0.05, 0.1) is 17.1 Å². The predicted octanol–water partition coefficient (Wildman–Crippen LogP) is 4.65. The van der Waals surface area contributed by atoms with E-state index < -0.39 is 0 Å². The number of anilines is 1. The normalized spacial score (nSPS) is 10.8. The van der Waals surface area contributed by atoms with Gasteiger partial charge in [0.15, 0.2) is 0 Å². The van der Waals surface area contributed by atoms with Gasteiger partial charge in [0.2, 0.25) is 11.1 Å². The highest BCUT2D eigenvalue weighted by Gasteiger charge is 2.14. The van der Waals surface area contributed by atoms with Crippen LogP contribution in [0.2, 0.25) is 10.2 Å². The number of benzene rings is 1. The molecule has 1 aromatic carbocycles. The third kappa shape index (κ3) is 3.63. The smallest absolute Gasteiger partial charge is 0.229 e. The van der Waals surface area contributed by atoms with Crippen molar-refractivity contribution in [2.24, 2.45) is 0 Å². The molecule has 0 aliphatic carbocycles. The minimum atomic E-state index is -0.123. The Balaban J connectivity index is 1.73. The second-order valence-corrected chi connectivity index (χ2v) is 6.10.